The number of allylic oxidation sites excluding steroid dienone is 1. The topological polar surface area (TPSA) is 95.6 Å². The van der Waals surface area contributed by atoms with E-state index in [9.17, 15) is 18.0 Å². The maximum Gasteiger partial charge on any atom is 0.332 e. The van der Waals surface area contributed by atoms with Crippen molar-refractivity contribution in [1.82, 2.24) is 4.72 Å². The maximum absolute atomic E-state index is 12.7. The van der Waals surface area contributed by atoms with E-state index < -0.39 is 20.6 Å². The standard InChI is InChI=1S/C20H18ClN3O4S2/c1-12-10-14(22-20(26)23-30(27,28)18-9-8-17(21)29-18)6-7-16(12)24-11-13-4-2-3-5-15(13)19(24)25/h2-8,10,18H,9,11H2,1H3,(H2,22,23,26). The van der Waals surface area contributed by atoms with E-state index in [0.29, 0.717) is 22.2 Å². The van der Waals surface area contributed by atoms with Gasteiger partial charge in [0.1, 0.15) is 4.58 Å². The minimum absolute atomic E-state index is 0.0698. The van der Waals surface area contributed by atoms with Crippen molar-refractivity contribution in [2.24, 2.45) is 0 Å². The molecule has 7 nitrogen and oxygen atoms in total. The number of nitrogens with zero attached hydrogens (tertiary/aromatic N) is 1. The molecule has 0 saturated carbocycles. The highest BCUT2D eigenvalue weighted by Gasteiger charge is 2.32. The first-order valence-electron chi connectivity index (χ1n) is 9.10. The number of aryl methyl sites for hydroxylation is 1. The van der Waals surface area contributed by atoms with Gasteiger partial charge in [-0.1, -0.05) is 47.6 Å². The van der Waals surface area contributed by atoms with Gasteiger partial charge in [0.25, 0.3) is 5.91 Å². The molecule has 2 aliphatic heterocycles. The number of nitrogens with one attached hydrogen (secondary N) is 2. The van der Waals surface area contributed by atoms with E-state index in [-0.39, 0.29) is 12.3 Å². The van der Waals surface area contributed by atoms with Crippen LogP contribution in [0.5, 0.6) is 0 Å². The van der Waals surface area contributed by atoms with Crippen LogP contribution in [0.2, 0.25) is 0 Å². The summed E-state index contributed by atoms with van der Waals surface area (Å²) in [7, 11) is -3.87. The lowest BCUT2D eigenvalue weighted by molar-refractivity contribution is 0.0996. The third kappa shape index (κ3) is 4.05. The second kappa shape index (κ2) is 7.98. The number of carbonyl (C=O) groups is 2. The summed E-state index contributed by atoms with van der Waals surface area (Å²) in [6.07, 6.45) is 1.85. The molecule has 30 heavy (non-hydrogen) atoms. The van der Waals surface area contributed by atoms with Crippen LogP contribution in [-0.4, -0.2) is 24.9 Å². The Hall–Kier alpha value is -2.49. The third-order valence-corrected chi connectivity index (χ3v) is 8.53. The Labute approximate surface area is 183 Å². The molecule has 0 saturated heterocycles. The molecule has 2 heterocycles. The van der Waals surface area contributed by atoms with Crippen LogP contribution >= 0.6 is 23.4 Å². The average Bonchev–Trinajstić information content (AvgIpc) is 3.26. The Balaban J connectivity index is 1.44. The SMILES string of the molecule is Cc1cc(NC(=O)NS(=O)(=O)C2CC=C(Cl)S2)ccc1N1Cc2ccccc2C1=O. The van der Waals surface area contributed by atoms with Gasteiger partial charge < -0.3 is 10.2 Å². The Morgan fingerprint density at radius 1 is 1.23 bits per heavy atom. The molecule has 3 amide bonds. The quantitative estimate of drug-likeness (QED) is 0.710. The van der Waals surface area contributed by atoms with Gasteiger partial charge in [-0.3, -0.25) is 4.79 Å². The van der Waals surface area contributed by atoms with Crippen molar-refractivity contribution in [3.8, 4) is 0 Å². The van der Waals surface area contributed by atoms with Crippen LogP contribution in [0.4, 0.5) is 16.2 Å². The van der Waals surface area contributed by atoms with Gasteiger partial charge in [0, 0.05) is 16.9 Å². The normalized spacial score (nSPS) is 18.2. The van der Waals surface area contributed by atoms with E-state index in [1.807, 2.05) is 29.8 Å². The minimum atomic E-state index is -3.87. The Kier molecular flexibility index (Phi) is 5.52. The van der Waals surface area contributed by atoms with Gasteiger partial charge >= 0.3 is 6.03 Å². The van der Waals surface area contributed by atoms with Crippen LogP contribution in [0.1, 0.15) is 27.9 Å². The number of anilines is 2. The molecule has 0 aliphatic carbocycles. The number of hydrogen-bond acceptors (Lipinski definition) is 5. The molecule has 0 radical (unpaired) electrons. The summed E-state index contributed by atoms with van der Waals surface area (Å²) < 4.78 is 26.2. The molecule has 1 atom stereocenters. The number of urea groups is 1. The minimum Gasteiger partial charge on any atom is -0.307 e. The number of halogens is 1. The van der Waals surface area contributed by atoms with Crippen LogP contribution in [-0.2, 0) is 16.6 Å². The molecule has 156 valence electrons. The number of thioether (sulfide) groups is 1. The molecule has 1 unspecified atom stereocenters. The van der Waals surface area contributed by atoms with Gasteiger partial charge in [0.15, 0.2) is 0 Å². The molecule has 4 rings (SSSR count). The second-order valence-electron chi connectivity index (χ2n) is 6.94. The average molecular weight is 464 g/mol. The van der Waals surface area contributed by atoms with Crippen molar-refractivity contribution in [2.75, 3.05) is 10.2 Å². The van der Waals surface area contributed by atoms with Crippen LogP contribution in [0.15, 0.2) is 52.9 Å². The molecule has 2 N–H and O–H groups in total. The summed E-state index contributed by atoms with van der Waals surface area (Å²) in [6, 6.07) is 11.7. The number of carbonyl (C=O) groups excluding carboxylic acids is 2. The van der Waals surface area contributed by atoms with Crippen molar-refractivity contribution < 1.29 is 18.0 Å². The summed E-state index contributed by atoms with van der Waals surface area (Å²) in [4.78, 5) is 26.6. The monoisotopic (exact) mass is 463 g/mol. The molecular weight excluding hydrogens is 446 g/mol. The number of fused-ring (bicyclic) bond motifs is 1. The summed E-state index contributed by atoms with van der Waals surface area (Å²) in [5, 5.41) is 2.53. The summed E-state index contributed by atoms with van der Waals surface area (Å²) in [5.74, 6) is -0.0698. The zero-order valence-corrected chi connectivity index (χ0v) is 18.3. The van der Waals surface area contributed by atoms with Gasteiger partial charge in [-0.15, -0.1) is 0 Å². The lowest BCUT2D eigenvalue weighted by Gasteiger charge is -2.19. The maximum atomic E-state index is 12.7. The number of benzene rings is 2. The van der Waals surface area contributed by atoms with E-state index in [4.69, 9.17) is 11.6 Å². The Morgan fingerprint density at radius 2 is 2.00 bits per heavy atom. The van der Waals surface area contributed by atoms with Crippen LogP contribution in [0.3, 0.4) is 0 Å². The highest BCUT2D eigenvalue weighted by molar-refractivity contribution is 8.16. The summed E-state index contributed by atoms with van der Waals surface area (Å²) in [6.45, 7) is 2.31. The van der Waals surface area contributed by atoms with Crippen molar-refractivity contribution in [2.45, 2.75) is 24.5 Å². The van der Waals surface area contributed by atoms with E-state index >= 15 is 0 Å². The van der Waals surface area contributed by atoms with Crippen LogP contribution < -0.4 is 14.9 Å². The van der Waals surface area contributed by atoms with Gasteiger partial charge in [0.2, 0.25) is 10.0 Å². The predicted molar refractivity (Wildman–Crippen MR) is 119 cm³/mol. The lowest BCUT2D eigenvalue weighted by Crippen LogP contribution is -2.38. The Bertz CT molecular complexity index is 1180. The van der Waals surface area contributed by atoms with Gasteiger partial charge in [-0.25, -0.2) is 17.9 Å². The summed E-state index contributed by atoms with van der Waals surface area (Å²) >= 11 is 6.80. The van der Waals surface area contributed by atoms with Gasteiger partial charge in [-0.05, 0) is 48.7 Å². The van der Waals surface area contributed by atoms with Crippen molar-refractivity contribution in [3.05, 3.63) is 69.6 Å². The molecular formula is C20H18ClN3O4S2. The van der Waals surface area contributed by atoms with Gasteiger partial charge in [-0.2, -0.15) is 0 Å². The van der Waals surface area contributed by atoms with Crippen molar-refractivity contribution in [3.63, 3.8) is 0 Å². The zero-order valence-electron chi connectivity index (χ0n) is 15.9. The largest absolute Gasteiger partial charge is 0.332 e. The van der Waals surface area contributed by atoms with E-state index in [1.165, 1.54) is 0 Å². The van der Waals surface area contributed by atoms with Crippen molar-refractivity contribution in [1.29, 1.82) is 0 Å². The molecule has 0 aromatic heterocycles. The van der Waals surface area contributed by atoms with E-state index in [1.54, 1.807) is 35.2 Å². The summed E-state index contributed by atoms with van der Waals surface area (Å²) in [5.41, 5.74) is 3.58. The lowest BCUT2D eigenvalue weighted by atomic mass is 10.1. The highest BCUT2D eigenvalue weighted by Crippen LogP contribution is 2.37. The number of amides is 3. The fourth-order valence-corrected chi connectivity index (χ4v) is 6.40. The first kappa shape index (κ1) is 20.8. The highest BCUT2D eigenvalue weighted by atomic mass is 35.5. The number of rotatable bonds is 4. The molecule has 2 aromatic rings. The van der Waals surface area contributed by atoms with E-state index in [2.05, 4.69) is 5.32 Å². The molecule has 0 bridgehead atoms. The number of hydrogen-bond donors (Lipinski definition) is 2. The van der Waals surface area contributed by atoms with Gasteiger partial charge in [0.05, 0.1) is 10.9 Å². The predicted octanol–water partition coefficient (Wildman–Crippen LogP) is 4.15. The fourth-order valence-electron chi connectivity index (χ4n) is 3.44. The van der Waals surface area contributed by atoms with Crippen LogP contribution in [0, 0.1) is 6.92 Å². The molecule has 2 aliphatic rings. The molecule has 2 aromatic carbocycles. The van der Waals surface area contributed by atoms with Crippen LogP contribution in [0.25, 0.3) is 0 Å². The third-order valence-electron chi connectivity index (χ3n) is 4.86. The molecule has 0 fully saturated rings. The molecule has 10 heteroatoms. The smallest absolute Gasteiger partial charge is 0.307 e. The number of sulfonamides is 1. The fraction of sp³-hybridized carbons (Fsp3) is 0.200. The molecule has 0 spiro atoms. The zero-order chi connectivity index (χ0) is 21.5. The first-order chi connectivity index (χ1) is 14.2. The first-order valence-corrected chi connectivity index (χ1v) is 11.9. The Morgan fingerprint density at radius 3 is 2.67 bits per heavy atom. The van der Waals surface area contributed by atoms with E-state index in [0.717, 1.165) is 28.6 Å². The van der Waals surface area contributed by atoms with Crippen molar-refractivity contribution >= 4 is 56.7 Å². The second-order valence-corrected chi connectivity index (χ2v) is 11.0.